The van der Waals surface area contributed by atoms with E-state index in [0.717, 1.165) is 12.8 Å². The summed E-state index contributed by atoms with van der Waals surface area (Å²) in [6.45, 7) is 4.07. The normalized spacial score (nSPS) is 15.1. The summed E-state index contributed by atoms with van der Waals surface area (Å²) in [5, 5.41) is 0.905. The van der Waals surface area contributed by atoms with Gasteiger partial charge in [0.2, 0.25) is 0 Å². The fraction of sp³-hybridized carbons (Fsp3) is 0.462. The van der Waals surface area contributed by atoms with Gasteiger partial charge in [0.25, 0.3) is 5.91 Å². The maximum Gasteiger partial charge on any atom is 0.254 e. The molecule has 1 aliphatic rings. The second kappa shape index (κ2) is 4.87. The molecular formula is C13H15Cl2NO. The lowest BCUT2D eigenvalue weighted by molar-refractivity contribution is 0.0690. The Labute approximate surface area is 112 Å². The number of nitrogens with zero attached hydrogens (tertiary/aromatic N) is 1. The minimum atomic E-state index is 0.0427. The van der Waals surface area contributed by atoms with Crippen molar-refractivity contribution in [1.82, 2.24) is 4.90 Å². The molecule has 0 saturated heterocycles. The molecule has 1 fully saturated rings. The number of carbonyl (C=O) groups is 1. The molecule has 0 spiro atoms. The molecule has 0 aliphatic heterocycles. The van der Waals surface area contributed by atoms with E-state index in [0.29, 0.717) is 21.7 Å². The lowest BCUT2D eigenvalue weighted by atomic mass is 10.1. The summed E-state index contributed by atoms with van der Waals surface area (Å²) in [5.41, 5.74) is 0.611. The van der Waals surface area contributed by atoms with Gasteiger partial charge in [-0.3, -0.25) is 4.79 Å². The third-order valence-electron chi connectivity index (χ3n) is 2.90. The molecule has 1 aliphatic carbocycles. The first-order valence-corrected chi connectivity index (χ1v) is 6.54. The lowest BCUT2D eigenvalue weighted by Gasteiger charge is -2.26. The highest BCUT2D eigenvalue weighted by molar-refractivity contribution is 6.42. The molecular weight excluding hydrogens is 257 g/mol. The molecule has 1 aromatic rings. The summed E-state index contributed by atoms with van der Waals surface area (Å²) < 4.78 is 0. The first kappa shape index (κ1) is 12.7. The molecule has 0 heterocycles. The number of hydrogen-bond acceptors (Lipinski definition) is 1. The first-order chi connectivity index (χ1) is 8.00. The minimum absolute atomic E-state index is 0.0427. The molecule has 2 rings (SSSR count). The van der Waals surface area contributed by atoms with Crippen molar-refractivity contribution in [3.8, 4) is 0 Å². The molecule has 1 aromatic carbocycles. The second-order valence-electron chi connectivity index (χ2n) is 4.67. The van der Waals surface area contributed by atoms with Crippen molar-refractivity contribution in [1.29, 1.82) is 0 Å². The van der Waals surface area contributed by atoms with E-state index in [-0.39, 0.29) is 11.9 Å². The van der Waals surface area contributed by atoms with E-state index in [4.69, 9.17) is 23.2 Å². The molecule has 0 atom stereocenters. The molecule has 1 amide bonds. The third kappa shape index (κ3) is 2.75. The maximum atomic E-state index is 12.4. The highest BCUT2D eigenvalue weighted by atomic mass is 35.5. The van der Waals surface area contributed by atoms with Crippen LogP contribution in [0.3, 0.4) is 0 Å². The highest BCUT2D eigenvalue weighted by Crippen LogP contribution is 2.31. The Bertz CT molecular complexity index is 439. The van der Waals surface area contributed by atoms with Crippen LogP contribution in [0.1, 0.15) is 37.0 Å². The predicted octanol–water partition coefficient (Wildman–Crippen LogP) is 4.01. The number of carbonyl (C=O) groups excluding carboxylic acids is 1. The monoisotopic (exact) mass is 271 g/mol. The van der Waals surface area contributed by atoms with Gasteiger partial charge in [0, 0.05) is 17.6 Å². The Morgan fingerprint density at radius 1 is 1.29 bits per heavy atom. The Balaban J connectivity index is 2.25. The fourth-order valence-corrected chi connectivity index (χ4v) is 2.25. The minimum Gasteiger partial charge on any atom is -0.333 e. The van der Waals surface area contributed by atoms with Gasteiger partial charge in [-0.05, 0) is 44.9 Å². The topological polar surface area (TPSA) is 20.3 Å². The van der Waals surface area contributed by atoms with Gasteiger partial charge in [-0.1, -0.05) is 23.2 Å². The number of benzene rings is 1. The van der Waals surface area contributed by atoms with Gasteiger partial charge in [0.15, 0.2) is 0 Å². The molecule has 1 saturated carbocycles. The van der Waals surface area contributed by atoms with Gasteiger partial charge in [-0.25, -0.2) is 0 Å². The third-order valence-corrected chi connectivity index (χ3v) is 3.64. The predicted molar refractivity (Wildman–Crippen MR) is 70.8 cm³/mol. The van der Waals surface area contributed by atoms with Gasteiger partial charge in [-0.2, -0.15) is 0 Å². The van der Waals surface area contributed by atoms with E-state index in [2.05, 4.69) is 0 Å². The summed E-state index contributed by atoms with van der Waals surface area (Å²) in [7, 11) is 0. The van der Waals surface area contributed by atoms with Crippen LogP contribution in [0.5, 0.6) is 0 Å². The SMILES string of the molecule is CC(C)N(C(=O)c1ccc(Cl)c(Cl)c1)C1CC1. The van der Waals surface area contributed by atoms with Crippen molar-refractivity contribution in [2.24, 2.45) is 0 Å². The Kier molecular flexibility index (Phi) is 3.64. The zero-order valence-electron chi connectivity index (χ0n) is 9.91. The van der Waals surface area contributed by atoms with Crippen LogP contribution in [-0.2, 0) is 0 Å². The van der Waals surface area contributed by atoms with Crippen molar-refractivity contribution in [3.05, 3.63) is 33.8 Å². The maximum absolute atomic E-state index is 12.4. The Morgan fingerprint density at radius 2 is 1.94 bits per heavy atom. The number of halogens is 2. The summed E-state index contributed by atoms with van der Waals surface area (Å²) in [6, 6.07) is 5.65. The van der Waals surface area contributed by atoms with E-state index in [1.54, 1.807) is 18.2 Å². The molecule has 0 radical (unpaired) electrons. The first-order valence-electron chi connectivity index (χ1n) is 5.78. The summed E-state index contributed by atoms with van der Waals surface area (Å²) >= 11 is 11.8. The molecule has 2 nitrogen and oxygen atoms in total. The van der Waals surface area contributed by atoms with Crippen molar-refractivity contribution in [3.63, 3.8) is 0 Å². The van der Waals surface area contributed by atoms with Crippen molar-refractivity contribution in [2.75, 3.05) is 0 Å². The van der Waals surface area contributed by atoms with E-state index in [1.165, 1.54) is 0 Å². The van der Waals surface area contributed by atoms with E-state index >= 15 is 0 Å². The average molecular weight is 272 g/mol. The van der Waals surface area contributed by atoms with E-state index < -0.39 is 0 Å². The van der Waals surface area contributed by atoms with E-state index in [9.17, 15) is 4.79 Å². The zero-order chi connectivity index (χ0) is 12.6. The molecule has 0 aromatic heterocycles. The van der Waals surface area contributed by atoms with Crippen LogP contribution in [0, 0.1) is 0 Å². The van der Waals surface area contributed by atoms with Crippen LogP contribution >= 0.6 is 23.2 Å². The number of hydrogen-bond donors (Lipinski definition) is 0. The lowest BCUT2D eigenvalue weighted by Crippen LogP contribution is -2.38. The number of amides is 1. The Morgan fingerprint density at radius 3 is 2.41 bits per heavy atom. The standard InChI is InChI=1S/C13H15Cl2NO/c1-8(2)16(10-4-5-10)13(17)9-3-6-11(14)12(15)7-9/h3,6-8,10H,4-5H2,1-2H3. The van der Waals surface area contributed by atoms with Gasteiger partial charge in [0.1, 0.15) is 0 Å². The Hall–Kier alpha value is -0.730. The van der Waals surface area contributed by atoms with Crippen LogP contribution in [0.2, 0.25) is 10.0 Å². The molecule has 0 N–H and O–H groups in total. The fourth-order valence-electron chi connectivity index (χ4n) is 1.95. The summed E-state index contributed by atoms with van der Waals surface area (Å²) in [5.74, 6) is 0.0427. The molecule has 0 unspecified atom stereocenters. The van der Waals surface area contributed by atoms with Gasteiger partial charge >= 0.3 is 0 Å². The van der Waals surface area contributed by atoms with Crippen molar-refractivity contribution < 1.29 is 4.79 Å². The number of rotatable bonds is 3. The van der Waals surface area contributed by atoms with Crippen LogP contribution in [-0.4, -0.2) is 22.9 Å². The zero-order valence-corrected chi connectivity index (χ0v) is 11.4. The van der Waals surface area contributed by atoms with Gasteiger partial charge in [0.05, 0.1) is 10.0 Å². The van der Waals surface area contributed by atoms with Crippen LogP contribution in [0.4, 0.5) is 0 Å². The molecule has 17 heavy (non-hydrogen) atoms. The highest BCUT2D eigenvalue weighted by Gasteiger charge is 2.34. The molecule has 92 valence electrons. The smallest absolute Gasteiger partial charge is 0.254 e. The van der Waals surface area contributed by atoms with Crippen LogP contribution < -0.4 is 0 Å². The van der Waals surface area contributed by atoms with Crippen LogP contribution in [0.25, 0.3) is 0 Å². The summed E-state index contributed by atoms with van der Waals surface area (Å²) in [6.07, 6.45) is 2.20. The molecule has 4 heteroatoms. The largest absolute Gasteiger partial charge is 0.333 e. The molecule has 0 bridgehead atoms. The average Bonchev–Trinajstić information content (AvgIpc) is 3.06. The van der Waals surface area contributed by atoms with Crippen molar-refractivity contribution >= 4 is 29.1 Å². The van der Waals surface area contributed by atoms with Crippen LogP contribution in [0.15, 0.2) is 18.2 Å². The van der Waals surface area contributed by atoms with Gasteiger partial charge < -0.3 is 4.90 Å². The van der Waals surface area contributed by atoms with E-state index in [1.807, 2.05) is 18.7 Å². The second-order valence-corrected chi connectivity index (χ2v) is 5.48. The van der Waals surface area contributed by atoms with Gasteiger partial charge in [-0.15, -0.1) is 0 Å². The quantitative estimate of drug-likeness (QED) is 0.814. The summed E-state index contributed by atoms with van der Waals surface area (Å²) in [4.78, 5) is 14.3. The van der Waals surface area contributed by atoms with Crippen molar-refractivity contribution in [2.45, 2.75) is 38.8 Å².